The molecule has 0 aliphatic heterocycles. The van der Waals surface area contributed by atoms with Crippen molar-refractivity contribution in [3.63, 3.8) is 0 Å². The van der Waals surface area contributed by atoms with Gasteiger partial charge in [0.25, 0.3) is 0 Å². The van der Waals surface area contributed by atoms with Crippen molar-refractivity contribution < 1.29 is 5.11 Å². The zero-order valence-electron chi connectivity index (χ0n) is 10.4. The predicted molar refractivity (Wildman–Crippen MR) is 64.0 cm³/mol. The summed E-state index contributed by atoms with van der Waals surface area (Å²) in [5, 5.41) is 12.7. The summed E-state index contributed by atoms with van der Waals surface area (Å²) in [5.41, 5.74) is 0. The van der Waals surface area contributed by atoms with E-state index in [4.69, 9.17) is 0 Å². The molecule has 0 heterocycles. The zero-order valence-corrected chi connectivity index (χ0v) is 10.4. The summed E-state index contributed by atoms with van der Waals surface area (Å²) < 4.78 is 0. The fraction of sp³-hybridized carbons (Fsp3) is 1.00. The Kier molecular flexibility index (Phi) is 5.58. The number of nitrogens with one attached hydrogen (secondary N) is 1. The van der Waals surface area contributed by atoms with Crippen molar-refractivity contribution in [1.82, 2.24) is 10.2 Å². The molecular weight excluding hydrogens is 188 g/mol. The summed E-state index contributed by atoms with van der Waals surface area (Å²) in [6.07, 6.45) is 5.13. The van der Waals surface area contributed by atoms with Crippen LogP contribution in [-0.4, -0.2) is 49.3 Å². The minimum absolute atomic E-state index is 0.242. The lowest BCUT2D eigenvalue weighted by atomic mass is 9.85. The molecule has 3 heteroatoms. The van der Waals surface area contributed by atoms with Crippen molar-refractivity contribution in [3.8, 4) is 0 Å². The largest absolute Gasteiger partial charge is 0.390 e. The fourth-order valence-corrected chi connectivity index (χ4v) is 2.72. The van der Waals surface area contributed by atoms with E-state index in [9.17, 15) is 5.11 Å². The quantitative estimate of drug-likeness (QED) is 0.719. The summed E-state index contributed by atoms with van der Waals surface area (Å²) in [6, 6.07) is 0.672. The SMILES string of the molecule is CNCC(O)CN(C)C1CCCCC1C. The number of rotatable bonds is 5. The molecule has 3 nitrogen and oxygen atoms in total. The first kappa shape index (κ1) is 12.9. The van der Waals surface area contributed by atoms with Crippen LogP contribution in [0.4, 0.5) is 0 Å². The Morgan fingerprint density at radius 1 is 1.40 bits per heavy atom. The molecule has 1 aliphatic carbocycles. The minimum atomic E-state index is -0.242. The monoisotopic (exact) mass is 214 g/mol. The topological polar surface area (TPSA) is 35.5 Å². The van der Waals surface area contributed by atoms with Gasteiger partial charge in [0.2, 0.25) is 0 Å². The van der Waals surface area contributed by atoms with Crippen LogP contribution in [0.15, 0.2) is 0 Å². The van der Waals surface area contributed by atoms with E-state index in [2.05, 4.69) is 24.2 Å². The number of hydrogen-bond donors (Lipinski definition) is 2. The van der Waals surface area contributed by atoms with Crippen LogP contribution in [0.25, 0.3) is 0 Å². The van der Waals surface area contributed by atoms with Gasteiger partial charge in [-0.2, -0.15) is 0 Å². The molecule has 0 radical (unpaired) electrons. The zero-order chi connectivity index (χ0) is 11.3. The molecule has 2 N–H and O–H groups in total. The second-order valence-electron chi connectivity index (χ2n) is 4.98. The minimum Gasteiger partial charge on any atom is -0.390 e. The second kappa shape index (κ2) is 6.46. The van der Waals surface area contributed by atoms with E-state index in [1.807, 2.05) is 7.05 Å². The first-order chi connectivity index (χ1) is 7.15. The Bertz CT molecular complexity index is 175. The van der Waals surface area contributed by atoms with Crippen LogP contribution < -0.4 is 5.32 Å². The third-order valence-corrected chi connectivity index (χ3v) is 3.57. The average Bonchev–Trinajstić information content (AvgIpc) is 2.18. The van der Waals surface area contributed by atoms with Gasteiger partial charge in [0.05, 0.1) is 6.10 Å². The van der Waals surface area contributed by atoms with Gasteiger partial charge in [0, 0.05) is 19.1 Å². The molecule has 0 bridgehead atoms. The molecule has 0 aromatic heterocycles. The van der Waals surface area contributed by atoms with Gasteiger partial charge in [-0.1, -0.05) is 19.8 Å². The van der Waals surface area contributed by atoms with Crippen molar-refractivity contribution >= 4 is 0 Å². The molecule has 0 spiro atoms. The van der Waals surface area contributed by atoms with E-state index in [0.29, 0.717) is 12.6 Å². The van der Waals surface area contributed by atoms with Gasteiger partial charge < -0.3 is 15.3 Å². The average molecular weight is 214 g/mol. The number of aliphatic hydroxyl groups excluding tert-OH is 1. The molecule has 3 atom stereocenters. The van der Waals surface area contributed by atoms with Crippen LogP contribution in [-0.2, 0) is 0 Å². The second-order valence-corrected chi connectivity index (χ2v) is 4.98. The summed E-state index contributed by atoms with van der Waals surface area (Å²) in [5.74, 6) is 0.783. The number of nitrogens with zero attached hydrogens (tertiary/aromatic N) is 1. The van der Waals surface area contributed by atoms with Crippen LogP contribution in [0.3, 0.4) is 0 Å². The molecule has 3 unspecified atom stereocenters. The Balaban J connectivity index is 2.34. The van der Waals surface area contributed by atoms with Crippen molar-refractivity contribution in [2.45, 2.75) is 44.8 Å². The number of hydrogen-bond acceptors (Lipinski definition) is 3. The number of aliphatic hydroxyl groups is 1. The predicted octanol–water partition coefficient (Wildman–Crippen LogP) is 1.08. The fourth-order valence-electron chi connectivity index (χ4n) is 2.72. The van der Waals surface area contributed by atoms with Crippen LogP contribution in [0.2, 0.25) is 0 Å². The van der Waals surface area contributed by atoms with Crippen LogP contribution in [0.5, 0.6) is 0 Å². The molecule has 0 saturated heterocycles. The van der Waals surface area contributed by atoms with E-state index in [1.54, 1.807) is 0 Å². The van der Waals surface area contributed by atoms with E-state index < -0.39 is 0 Å². The summed E-state index contributed by atoms with van der Waals surface area (Å²) in [7, 11) is 4.03. The Morgan fingerprint density at radius 2 is 2.07 bits per heavy atom. The maximum absolute atomic E-state index is 9.73. The van der Waals surface area contributed by atoms with Crippen LogP contribution in [0, 0.1) is 5.92 Å². The van der Waals surface area contributed by atoms with Gasteiger partial charge in [-0.3, -0.25) is 0 Å². The third kappa shape index (κ3) is 4.09. The highest BCUT2D eigenvalue weighted by Gasteiger charge is 2.25. The maximum Gasteiger partial charge on any atom is 0.0791 e. The highest BCUT2D eigenvalue weighted by atomic mass is 16.3. The molecule has 0 amide bonds. The maximum atomic E-state index is 9.73. The Hall–Kier alpha value is -0.120. The highest BCUT2D eigenvalue weighted by Crippen LogP contribution is 2.27. The lowest BCUT2D eigenvalue weighted by molar-refractivity contribution is 0.0720. The first-order valence-corrected chi connectivity index (χ1v) is 6.18. The third-order valence-electron chi connectivity index (χ3n) is 3.57. The molecule has 1 saturated carbocycles. The van der Waals surface area contributed by atoms with Gasteiger partial charge >= 0.3 is 0 Å². The lowest BCUT2D eigenvalue weighted by Gasteiger charge is -2.37. The number of likely N-dealkylation sites (N-methyl/N-ethyl adjacent to an activating group) is 2. The van der Waals surface area contributed by atoms with Crippen molar-refractivity contribution in [1.29, 1.82) is 0 Å². The van der Waals surface area contributed by atoms with Crippen molar-refractivity contribution in [2.24, 2.45) is 5.92 Å². The van der Waals surface area contributed by atoms with Gasteiger partial charge in [-0.05, 0) is 32.9 Å². The van der Waals surface area contributed by atoms with Crippen LogP contribution >= 0.6 is 0 Å². The molecule has 1 aliphatic rings. The van der Waals surface area contributed by atoms with Gasteiger partial charge in [0.1, 0.15) is 0 Å². The molecular formula is C12H26N2O. The van der Waals surface area contributed by atoms with E-state index in [-0.39, 0.29) is 6.10 Å². The molecule has 1 rings (SSSR count). The molecule has 1 fully saturated rings. The lowest BCUT2D eigenvalue weighted by Crippen LogP contribution is -2.44. The Labute approximate surface area is 93.9 Å². The summed E-state index contributed by atoms with van der Waals surface area (Å²) in [6.45, 7) is 3.81. The summed E-state index contributed by atoms with van der Waals surface area (Å²) >= 11 is 0. The molecule has 90 valence electrons. The van der Waals surface area contributed by atoms with E-state index >= 15 is 0 Å². The van der Waals surface area contributed by atoms with Gasteiger partial charge in [-0.15, -0.1) is 0 Å². The molecule has 15 heavy (non-hydrogen) atoms. The smallest absolute Gasteiger partial charge is 0.0791 e. The first-order valence-electron chi connectivity index (χ1n) is 6.18. The van der Waals surface area contributed by atoms with Crippen molar-refractivity contribution in [2.75, 3.05) is 27.2 Å². The molecule has 0 aromatic rings. The highest BCUT2D eigenvalue weighted by molar-refractivity contribution is 4.80. The normalized spacial score (nSPS) is 29.4. The Morgan fingerprint density at radius 3 is 2.67 bits per heavy atom. The van der Waals surface area contributed by atoms with Gasteiger partial charge in [0.15, 0.2) is 0 Å². The van der Waals surface area contributed by atoms with Gasteiger partial charge in [-0.25, -0.2) is 0 Å². The standard InChI is InChI=1S/C12H26N2O/c1-10-6-4-5-7-12(10)14(3)9-11(15)8-13-2/h10-13,15H,4-9H2,1-3H3. The summed E-state index contributed by atoms with van der Waals surface area (Å²) in [4.78, 5) is 2.34. The molecule has 0 aromatic carbocycles. The van der Waals surface area contributed by atoms with Crippen molar-refractivity contribution in [3.05, 3.63) is 0 Å². The van der Waals surface area contributed by atoms with E-state index in [0.717, 1.165) is 12.5 Å². The van der Waals surface area contributed by atoms with Crippen LogP contribution in [0.1, 0.15) is 32.6 Å². The van der Waals surface area contributed by atoms with E-state index in [1.165, 1.54) is 25.7 Å².